The van der Waals surface area contributed by atoms with E-state index < -0.39 is 0 Å². The molecule has 0 radical (unpaired) electrons. The molecule has 2 aromatic rings. The van der Waals surface area contributed by atoms with Crippen molar-refractivity contribution in [3.8, 4) is 5.69 Å². The van der Waals surface area contributed by atoms with Crippen molar-refractivity contribution < 1.29 is 0 Å². The minimum Gasteiger partial charge on any atom is -0.349 e. The van der Waals surface area contributed by atoms with Crippen molar-refractivity contribution in [1.29, 1.82) is 0 Å². The third-order valence-corrected chi connectivity index (χ3v) is 4.57. The number of benzene rings is 2. The molecular weight excluding hydrogens is 284 g/mol. The Morgan fingerprint density at radius 3 is 2.38 bits per heavy atom. The lowest BCUT2D eigenvalue weighted by Gasteiger charge is -1.97. The van der Waals surface area contributed by atoms with Crippen LogP contribution in [0.25, 0.3) is 15.9 Å². The van der Waals surface area contributed by atoms with Crippen molar-refractivity contribution in [3.63, 3.8) is 0 Å². The van der Waals surface area contributed by atoms with E-state index >= 15 is 0 Å². The Labute approximate surface area is 122 Å². The van der Waals surface area contributed by atoms with Crippen molar-refractivity contribution in [2.75, 3.05) is 0 Å². The molecule has 0 atom stereocenters. The fraction of sp³-hybridized carbons (Fsp3) is 0. The largest absolute Gasteiger partial charge is 0.349 e. The normalized spacial score (nSPS) is 11.2. The van der Waals surface area contributed by atoms with Gasteiger partial charge in [-0.15, -0.1) is 11.3 Å². The summed E-state index contributed by atoms with van der Waals surface area (Å²) in [6.07, 6.45) is 0. The predicted octanol–water partition coefficient (Wildman–Crippen LogP) is 2.47. The molecule has 4 rings (SSSR count). The first-order chi connectivity index (χ1) is 10.3. The van der Waals surface area contributed by atoms with E-state index in [4.69, 9.17) is 0 Å². The predicted molar refractivity (Wildman–Crippen MR) is 83.3 cm³/mol. The Kier molecular flexibility index (Phi) is 2.55. The lowest BCUT2D eigenvalue weighted by molar-refractivity contribution is 0.967. The van der Waals surface area contributed by atoms with Gasteiger partial charge in [0, 0.05) is 0 Å². The highest BCUT2D eigenvalue weighted by molar-refractivity contribution is 7.16. The molecule has 2 aliphatic heterocycles. The Balaban J connectivity index is 2.20. The second-order valence-electron chi connectivity index (χ2n) is 4.71. The lowest BCUT2D eigenvalue weighted by atomic mass is 10.3. The molecule has 0 unspecified atom stereocenters. The number of nitrogens with one attached hydrogen (secondary N) is 1. The summed E-state index contributed by atoms with van der Waals surface area (Å²) in [4.78, 5) is 28.2. The van der Waals surface area contributed by atoms with Gasteiger partial charge in [-0.1, -0.05) is 30.3 Å². The average Bonchev–Trinajstić information content (AvgIpc) is 2.77. The van der Waals surface area contributed by atoms with Crippen LogP contribution in [0.2, 0.25) is 0 Å². The summed E-state index contributed by atoms with van der Waals surface area (Å²) >= 11 is 1.34. The molecule has 21 heavy (non-hydrogen) atoms. The third kappa shape index (κ3) is 1.75. The number of hydrogen-bond acceptors (Lipinski definition) is 3. The fourth-order valence-corrected chi connectivity index (χ4v) is 3.44. The number of fused-ring (bicyclic) bond motifs is 1. The SMILES string of the molecule is O=c1c2[nH]c3ccccc3sc=2c(=O)n1-c1ccccc1. The summed E-state index contributed by atoms with van der Waals surface area (Å²) in [5.41, 5.74) is 0.877. The molecule has 0 spiro atoms. The van der Waals surface area contributed by atoms with E-state index in [1.54, 1.807) is 12.1 Å². The van der Waals surface area contributed by atoms with Crippen LogP contribution in [0.4, 0.5) is 0 Å². The molecule has 2 heterocycles. The molecule has 1 N–H and O–H groups in total. The highest BCUT2D eigenvalue weighted by Crippen LogP contribution is 2.16. The van der Waals surface area contributed by atoms with Crippen LogP contribution in [0, 0.1) is 9.88 Å². The first-order valence-corrected chi connectivity index (χ1v) is 7.29. The number of para-hydroxylation sites is 2. The van der Waals surface area contributed by atoms with Crippen LogP contribution in [0.5, 0.6) is 0 Å². The molecule has 0 saturated carbocycles. The van der Waals surface area contributed by atoms with Gasteiger partial charge in [0.15, 0.2) is 0 Å². The minimum atomic E-state index is -0.303. The van der Waals surface area contributed by atoms with Gasteiger partial charge < -0.3 is 4.98 Å². The Morgan fingerprint density at radius 2 is 1.57 bits per heavy atom. The van der Waals surface area contributed by atoms with Crippen molar-refractivity contribution >= 4 is 21.6 Å². The Morgan fingerprint density at radius 1 is 0.857 bits per heavy atom. The van der Waals surface area contributed by atoms with Gasteiger partial charge in [-0.05, 0) is 24.3 Å². The van der Waals surface area contributed by atoms with E-state index in [1.165, 1.54) is 15.9 Å². The van der Waals surface area contributed by atoms with Gasteiger partial charge in [-0.25, -0.2) is 4.57 Å². The number of hydrogen-bond donors (Lipinski definition) is 1. The first kappa shape index (κ1) is 12.1. The second kappa shape index (κ2) is 4.43. The van der Waals surface area contributed by atoms with Crippen molar-refractivity contribution in [1.82, 2.24) is 9.55 Å². The summed E-state index contributed by atoms with van der Waals surface area (Å²) in [5, 5.41) is 0.368. The molecule has 5 heteroatoms. The summed E-state index contributed by atoms with van der Waals surface area (Å²) < 4.78 is 2.63. The fourth-order valence-electron chi connectivity index (χ4n) is 2.43. The number of nitrogens with zero attached hydrogens (tertiary/aromatic N) is 1. The lowest BCUT2D eigenvalue weighted by Crippen LogP contribution is -2.24. The van der Waals surface area contributed by atoms with E-state index in [-0.39, 0.29) is 11.1 Å². The van der Waals surface area contributed by atoms with E-state index in [2.05, 4.69) is 4.98 Å². The molecule has 0 fully saturated rings. The minimum absolute atomic E-state index is 0.270. The molecule has 0 aromatic heterocycles. The maximum Gasteiger partial charge on any atom is 0.283 e. The quantitative estimate of drug-likeness (QED) is 0.586. The van der Waals surface area contributed by atoms with Crippen LogP contribution in [-0.4, -0.2) is 9.55 Å². The van der Waals surface area contributed by atoms with Crippen LogP contribution in [0.3, 0.4) is 0 Å². The van der Waals surface area contributed by atoms with Gasteiger partial charge in [0.1, 0.15) is 9.88 Å². The van der Waals surface area contributed by atoms with Gasteiger partial charge in [-0.3, -0.25) is 9.59 Å². The standard InChI is InChI=1S/C16H10N2O2S/c19-15-13-14(21-12-9-5-4-8-11(12)17-13)16(20)18(15)10-6-2-1-3-7-10/h1-9,17H. The maximum absolute atomic E-state index is 12.5. The number of aromatic amines is 1. The monoisotopic (exact) mass is 294 g/mol. The van der Waals surface area contributed by atoms with Crippen LogP contribution in [0.15, 0.2) is 64.2 Å². The second-order valence-corrected chi connectivity index (χ2v) is 5.76. The van der Waals surface area contributed by atoms with Crippen molar-refractivity contribution in [2.24, 2.45) is 0 Å². The first-order valence-electron chi connectivity index (χ1n) is 6.48. The van der Waals surface area contributed by atoms with Gasteiger partial charge in [0.05, 0.1) is 15.9 Å². The molecule has 0 amide bonds. The number of H-pyrrole nitrogens is 1. The Hall–Kier alpha value is -2.66. The van der Waals surface area contributed by atoms with Crippen molar-refractivity contribution in [2.45, 2.75) is 0 Å². The van der Waals surface area contributed by atoms with Gasteiger partial charge in [-0.2, -0.15) is 0 Å². The number of aromatic nitrogens is 2. The number of rotatable bonds is 1. The van der Waals surface area contributed by atoms with Crippen LogP contribution in [-0.2, 0) is 0 Å². The van der Waals surface area contributed by atoms with E-state index in [9.17, 15) is 9.59 Å². The molecule has 2 aliphatic rings. The van der Waals surface area contributed by atoms with Gasteiger partial charge in [0.2, 0.25) is 0 Å². The van der Waals surface area contributed by atoms with E-state index in [0.717, 1.165) is 10.2 Å². The Bertz CT molecular complexity index is 1050. The topological polar surface area (TPSA) is 54.9 Å². The summed E-state index contributed by atoms with van der Waals surface area (Å²) in [6, 6.07) is 16.6. The highest BCUT2D eigenvalue weighted by atomic mass is 32.1. The summed E-state index contributed by atoms with van der Waals surface area (Å²) in [5.74, 6) is 0. The summed E-state index contributed by atoms with van der Waals surface area (Å²) in [7, 11) is 0. The smallest absolute Gasteiger partial charge is 0.283 e. The highest BCUT2D eigenvalue weighted by Gasteiger charge is 2.13. The average molecular weight is 294 g/mol. The molecule has 0 saturated heterocycles. The molecule has 0 aliphatic carbocycles. The van der Waals surface area contributed by atoms with Gasteiger partial charge >= 0.3 is 0 Å². The van der Waals surface area contributed by atoms with E-state index in [0.29, 0.717) is 15.6 Å². The molecule has 4 nitrogen and oxygen atoms in total. The van der Waals surface area contributed by atoms with Crippen LogP contribution >= 0.6 is 11.3 Å². The zero-order chi connectivity index (χ0) is 14.4. The third-order valence-electron chi connectivity index (χ3n) is 3.41. The zero-order valence-electron chi connectivity index (χ0n) is 10.9. The molecule has 2 aromatic carbocycles. The van der Waals surface area contributed by atoms with Gasteiger partial charge in [0.25, 0.3) is 11.1 Å². The molecular formula is C16H10N2O2S. The molecule has 0 bridgehead atoms. The van der Waals surface area contributed by atoms with Crippen LogP contribution < -0.4 is 11.1 Å². The zero-order valence-corrected chi connectivity index (χ0v) is 11.7. The maximum atomic E-state index is 12.5. The van der Waals surface area contributed by atoms with Crippen LogP contribution in [0.1, 0.15) is 0 Å². The van der Waals surface area contributed by atoms with E-state index in [1.807, 2.05) is 42.5 Å². The summed E-state index contributed by atoms with van der Waals surface area (Å²) in [6.45, 7) is 0. The van der Waals surface area contributed by atoms with Crippen molar-refractivity contribution in [3.05, 3.63) is 85.2 Å². The molecule has 102 valence electrons.